The maximum absolute atomic E-state index is 14.2. The van der Waals surface area contributed by atoms with E-state index in [2.05, 4.69) is 0 Å². The summed E-state index contributed by atoms with van der Waals surface area (Å²) in [4.78, 5) is 26.3. The van der Waals surface area contributed by atoms with Crippen LogP contribution in [0.5, 0.6) is 0 Å². The SMILES string of the molecule is COCc1c(C(=O)OCC(=O)N(CCC#N)CCC#N)sc2cccc(F)c12. The van der Waals surface area contributed by atoms with Crippen LogP contribution in [-0.2, 0) is 20.9 Å². The van der Waals surface area contributed by atoms with Gasteiger partial charge in [-0.1, -0.05) is 6.07 Å². The number of carbonyl (C=O) groups excluding carboxylic acids is 2. The number of esters is 1. The van der Waals surface area contributed by atoms with E-state index >= 15 is 0 Å². The molecule has 1 heterocycles. The first kappa shape index (κ1) is 21.3. The molecule has 0 aliphatic rings. The highest BCUT2D eigenvalue weighted by molar-refractivity contribution is 7.21. The van der Waals surface area contributed by atoms with Crippen LogP contribution in [0.2, 0.25) is 0 Å². The van der Waals surface area contributed by atoms with Crippen LogP contribution in [0, 0.1) is 28.5 Å². The lowest BCUT2D eigenvalue weighted by Crippen LogP contribution is -2.36. The third-order valence-corrected chi connectivity index (χ3v) is 5.08. The van der Waals surface area contributed by atoms with E-state index in [1.165, 1.54) is 18.1 Å². The molecule has 2 aromatic rings. The van der Waals surface area contributed by atoms with Gasteiger partial charge in [0.25, 0.3) is 5.91 Å². The van der Waals surface area contributed by atoms with Crippen LogP contribution in [0.4, 0.5) is 4.39 Å². The summed E-state index contributed by atoms with van der Waals surface area (Å²) in [5.74, 6) is -1.71. The molecule has 0 aliphatic carbocycles. The van der Waals surface area contributed by atoms with Gasteiger partial charge < -0.3 is 14.4 Å². The Labute approximate surface area is 165 Å². The maximum Gasteiger partial charge on any atom is 0.349 e. The van der Waals surface area contributed by atoms with Crippen LogP contribution >= 0.6 is 11.3 Å². The van der Waals surface area contributed by atoms with Crippen molar-refractivity contribution in [1.29, 1.82) is 10.5 Å². The van der Waals surface area contributed by atoms with E-state index < -0.39 is 24.3 Å². The average molecular weight is 403 g/mol. The van der Waals surface area contributed by atoms with Crippen molar-refractivity contribution in [2.24, 2.45) is 0 Å². The highest BCUT2D eigenvalue weighted by atomic mass is 32.1. The minimum absolute atomic E-state index is 0.0236. The molecule has 0 saturated carbocycles. The van der Waals surface area contributed by atoms with Crippen LogP contribution in [0.25, 0.3) is 10.1 Å². The summed E-state index contributed by atoms with van der Waals surface area (Å²) in [5.41, 5.74) is 0.379. The number of methoxy groups -OCH3 is 1. The molecule has 0 atom stereocenters. The van der Waals surface area contributed by atoms with Crippen molar-refractivity contribution in [3.8, 4) is 12.1 Å². The summed E-state index contributed by atoms with van der Waals surface area (Å²) in [7, 11) is 1.44. The summed E-state index contributed by atoms with van der Waals surface area (Å²) in [6, 6.07) is 8.40. The Bertz CT molecular complexity index is 927. The Balaban J connectivity index is 2.15. The summed E-state index contributed by atoms with van der Waals surface area (Å²) in [6.45, 7) is -0.205. The van der Waals surface area contributed by atoms with E-state index in [9.17, 15) is 14.0 Å². The fourth-order valence-corrected chi connectivity index (χ4v) is 3.75. The largest absolute Gasteiger partial charge is 0.451 e. The molecule has 1 aromatic heterocycles. The van der Waals surface area contributed by atoms with Gasteiger partial charge in [0.05, 0.1) is 31.6 Å². The lowest BCUT2D eigenvalue weighted by molar-refractivity contribution is -0.134. The van der Waals surface area contributed by atoms with Crippen molar-refractivity contribution in [2.45, 2.75) is 19.4 Å². The van der Waals surface area contributed by atoms with Gasteiger partial charge in [-0.15, -0.1) is 11.3 Å². The number of halogens is 1. The zero-order valence-corrected chi connectivity index (χ0v) is 16.1. The number of benzene rings is 1. The Morgan fingerprint density at radius 3 is 2.50 bits per heavy atom. The second-order valence-electron chi connectivity index (χ2n) is 5.73. The average Bonchev–Trinajstić information content (AvgIpc) is 3.06. The van der Waals surface area contributed by atoms with Gasteiger partial charge in [0, 0.05) is 35.8 Å². The third kappa shape index (κ3) is 5.03. The van der Waals surface area contributed by atoms with E-state index in [1.54, 1.807) is 12.1 Å². The molecular formula is C19H18FN3O4S. The molecule has 1 aromatic carbocycles. The van der Waals surface area contributed by atoms with Gasteiger partial charge in [-0.3, -0.25) is 4.79 Å². The predicted molar refractivity (Wildman–Crippen MR) is 99.8 cm³/mol. The first-order valence-electron chi connectivity index (χ1n) is 8.41. The smallest absolute Gasteiger partial charge is 0.349 e. The quantitative estimate of drug-likeness (QED) is 0.596. The monoisotopic (exact) mass is 403 g/mol. The number of thiophene rings is 1. The van der Waals surface area contributed by atoms with Gasteiger partial charge in [0.15, 0.2) is 6.61 Å². The molecule has 1 amide bonds. The normalized spacial score (nSPS) is 10.3. The summed E-state index contributed by atoms with van der Waals surface area (Å²) in [6.07, 6.45) is 0.220. The number of hydrogen-bond acceptors (Lipinski definition) is 7. The molecule has 0 bridgehead atoms. The second kappa shape index (κ2) is 10.4. The molecule has 0 radical (unpaired) electrons. The van der Waals surface area contributed by atoms with Gasteiger partial charge >= 0.3 is 5.97 Å². The van der Waals surface area contributed by atoms with E-state index in [4.69, 9.17) is 20.0 Å². The number of nitriles is 2. The summed E-state index contributed by atoms with van der Waals surface area (Å²) >= 11 is 1.07. The molecule has 0 aliphatic heterocycles. The molecule has 9 heteroatoms. The van der Waals surface area contributed by atoms with Crippen LogP contribution in [-0.4, -0.2) is 43.6 Å². The maximum atomic E-state index is 14.2. The lowest BCUT2D eigenvalue weighted by Gasteiger charge is -2.20. The van der Waals surface area contributed by atoms with Crippen molar-refractivity contribution in [3.63, 3.8) is 0 Å². The molecule has 0 fully saturated rings. The number of ether oxygens (including phenoxy) is 2. The van der Waals surface area contributed by atoms with E-state index in [1.807, 2.05) is 12.1 Å². The van der Waals surface area contributed by atoms with E-state index in [-0.39, 0.29) is 37.4 Å². The van der Waals surface area contributed by atoms with Crippen LogP contribution in [0.1, 0.15) is 28.1 Å². The zero-order chi connectivity index (χ0) is 20.5. The molecule has 7 nitrogen and oxygen atoms in total. The summed E-state index contributed by atoms with van der Waals surface area (Å²) < 4.78 is 25.0. The molecule has 0 unspecified atom stereocenters. The topological polar surface area (TPSA) is 103 Å². The number of hydrogen-bond donors (Lipinski definition) is 0. The Morgan fingerprint density at radius 1 is 1.21 bits per heavy atom. The molecule has 0 N–H and O–H groups in total. The number of rotatable bonds is 9. The number of nitrogens with zero attached hydrogens (tertiary/aromatic N) is 3. The number of amides is 1. The molecule has 0 spiro atoms. The second-order valence-corrected chi connectivity index (χ2v) is 6.78. The van der Waals surface area contributed by atoms with Crippen molar-refractivity contribution in [2.75, 3.05) is 26.8 Å². The van der Waals surface area contributed by atoms with E-state index in [0.29, 0.717) is 15.6 Å². The van der Waals surface area contributed by atoms with Crippen molar-refractivity contribution in [1.82, 2.24) is 4.90 Å². The molecular weight excluding hydrogens is 385 g/mol. The summed E-state index contributed by atoms with van der Waals surface area (Å²) in [5, 5.41) is 17.7. The van der Waals surface area contributed by atoms with Gasteiger partial charge in [0.2, 0.25) is 0 Å². The lowest BCUT2D eigenvalue weighted by atomic mass is 10.1. The van der Waals surface area contributed by atoms with Crippen molar-refractivity contribution in [3.05, 3.63) is 34.5 Å². The molecule has 0 saturated heterocycles. The van der Waals surface area contributed by atoms with Gasteiger partial charge in [0.1, 0.15) is 10.7 Å². The van der Waals surface area contributed by atoms with Crippen LogP contribution in [0.3, 0.4) is 0 Å². The highest BCUT2D eigenvalue weighted by Crippen LogP contribution is 2.34. The van der Waals surface area contributed by atoms with Gasteiger partial charge in [-0.2, -0.15) is 10.5 Å². The molecule has 28 heavy (non-hydrogen) atoms. The van der Waals surface area contributed by atoms with Gasteiger partial charge in [-0.05, 0) is 12.1 Å². The highest BCUT2D eigenvalue weighted by Gasteiger charge is 2.23. The van der Waals surface area contributed by atoms with E-state index in [0.717, 1.165) is 11.3 Å². The van der Waals surface area contributed by atoms with Crippen molar-refractivity contribution >= 4 is 33.3 Å². The first-order valence-corrected chi connectivity index (χ1v) is 9.22. The van der Waals surface area contributed by atoms with Gasteiger partial charge in [-0.25, -0.2) is 9.18 Å². The Kier molecular flexibility index (Phi) is 7.88. The molecule has 146 valence electrons. The standard InChI is InChI=1S/C19H18FN3O4S/c1-26-11-13-17-14(20)5-2-6-15(17)28-18(13)19(25)27-12-16(24)23(9-3-7-21)10-4-8-22/h2,5-6H,3-4,9-12H2,1H3. The number of carbonyl (C=O) groups is 2. The Hall–Kier alpha value is -3.01. The third-order valence-electron chi connectivity index (χ3n) is 3.90. The minimum Gasteiger partial charge on any atom is -0.451 e. The van der Waals surface area contributed by atoms with Crippen LogP contribution < -0.4 is 0 Å². The fraction of sp³-hybridized carbons (Fsp3) is 0.368. The Morgan fingerprint density at radius 2 is 1.89 bits per heavy atom. The van der Waals surface area contributed by atoms with Crippen molar-refractivity contribution < 1.29 is 23.5 Å². The fourth-order valence-electron chi connectivity index (χ4n) is 2.63. The number of fused-ring (bicyclic) bond motifs is 1. The molecule has 2 rings (SSSR count). The van der Waals surface area contributed by atoms with Crippen LogP contribution in [0.15, 0.2) is 18.2 Å². The minimum atomic E-state index is -0.749. The zero-order valence-electron chi connectivity index (χ0n) is 15.2. The predicted octanol–water partition coefficient (Wildman–Crippen LogP) is 3.00. The first-order chi connectivity index (χ1) is 13.5.